The molecule has 2 heterocycles. The quantitative estimate of drug-likeness (QED) is 0.382. The Morgan fingerprint density at radius 2 is 1.69 bits per heavy atom. The molecule has 0 spiro atoms. The van der Waals surface area contributed by atoms with E-state index in [0.717, 1.165) is 18.4 Å². The minimum absolute atomic E-state index is 0.145. The Morgan fingerprint density at radius 1 is 1.03 bits per heavy atom. The number of nitrogens with one attached hydrogen (secondary N) is 1. The second-order valence-corrected chi connectivity index (χ2v) is 8.71. The molecule has 4 rings (SSSR count). The highest BCUT2D eigenvalue weighted by molar-refractivity contribution is 5.94. The predicted octanol–water partition coefficient (Wildman–Crippen LogP) is 3.69. The van der Waals surface area contributed by atoms with Crippen molar-refractivity contribution in [2.24, 2.45) is 5.29 Å². The second kappa shape index (κ2) is 11.5. The van der Waals surface area contributed by atoms with Crippen molar-refractivity contribution in [3.05, 3.63) is 94.7 Å². The number of urea groups is 1. The SMILES string of the molecule is COCC1(c2ccccc2)CCN(C(=O)N(Cc2ccc(C(=O)NN=O)cc2)c2ncccn2)CC1. The van der Waals surface area contributed by atoms with Gasteiger partial charge in [-0.25, -0.2) is 20.2 Å². The summed E-state index contributed by atoms with van der Waals surface area (Å²) < 4.78 is 5.59. The summed E-state index contributed by atoms with van der Waals surface area (Å²) in [6.07, 6.45) is 4.73. The highest BCUT2D eigenvalue weighted by atomic mass is 16.5. The van der Waals surface area contributed by atoms with Crippen LogP contribution in [0.25, 0.3) is 0 Å². The van der Waals surface area contributed by atoms with Crippen LogP contribution in [0.5, 0.6) is 0 Å². The van der Waals surface area contributed by atoms with Gasteiger partial charge in [0.2, 0.25) is 5.95 Å². The normalized spacial score (nSPS) is 14.6. The van der Waals surface area contributed by atoms with Gasteiger partial charge in [-0.05, 0) is 42.2 Å². The van der Waals surface area contributed by atoms with Crippen molar-refractivity contribution in [2.75, 3.05) is 31.7 Å². The molecule has 10 heteroatoms. The summed E-state index contributed by atoms with van der Waals surface area (Å²) in [6.45, 7) is 1.94. The van der Waals surface area contributed by atoms with Gasteiger partial charge in [0.1, 0.15) is 0 Å². The van der Waals surface area contributed by atoms with Crippen molar-refractivity contribution in [2.45, 2.75) is 24.8 Å². The van der Waals surface area contributed by atoms with Gasteiger partial charge >= 0.3 is 6.03 Å². The average Bonchev–Trinajstić information content (AvgIpc) is 2.93. The second-order valence-electron chi connectivity index (χ2n) is 8.71. The van der Waals surface area contributed by atoms with Gasteiger partial charge < -0.3 is 9.64 Å². The zero-order valence-electron chi connectivity index (χ0n) is 20.0. The van der Waals surface area contributed by atoms with Crippen molar-refractivity contribution in [3.63, 3.8) is 0 Å². The lowest BCUT2D eigenvalue weighted by atomic mass is 9.73. The molecule has 3 amide bonds. The Labute approximate surface area is 209 Å². The summed E-state index contributed by atoms with van der Waals surface area (Å²) in [5, 5.41) is 2.41. The molecule has 1 saturated heterocycles. The van der Waals surface area contributed by atoms with Gasteiger partial charge in [0.15, 0.2) is 0 Å². The van der Waals surface area contributed by atoms with Crippen LogP contribution in [0, 0.1) is 4.91 Å². The molecule has 2 aromatic carbocycles. The fourth-order valence-electron chi connectivity index (χ4n) is 4.59. The molecule has 0 aliphatic carbocycles. The number of nitrogens with zero attached hydrogens (tertiary/aromatic N) is 5. The zero-order valence-corrected chi connectivity index (χ0v) is 20.0. The van der Waals surface area contributed by atoms with Gasteiger partial charge in [-0.1, -0.05) is 42.5 Å². The molecule has 36 heavy (non-hydrogen) atoms. The minimum Gasteiger partial charge on any atom is -0.384 e. The molecule has 10 nitrogen and oxygen atoms in total. The molecule has 1 aliphatic heterocycles. The molecule has 1 N–H and O–H groups in total. The fourth-order valence-corrected chi connectivity index (χ4v) is 4.59. The molecule has 1 aromatic heterocycles. The molecule has 0 saturated carbocycles. The van der Waals surface area contributed by atoms with E-state index in [4.69, 9.17) is 4.74 Å². The van der Waals surface area contributed by atoms with E-state index >= 15 is 0 Å². The molecule has 3 aromatic rings. The van der Waals surface area contributed by atoms with Gasteiger partial charge in [-0.2, -0.15) is 0 Å². The molecular weight excluding hydrogens is 460 g/mol. The number of methoxy groups -OCH3 is 1. The number of carbonyl (C=O) groups excluding carboxylic acids is 2. The van der Waals surface area contributed by atoms with Crippen molar-refractivity contribution in [3.8, 4) is 0 Å². The maximum atomic E-state index is 13.7. The van der Waals surface area contributed by atoms with E-state index in [1.807, 2.05) is 28.5 Å². The van der Waals surface area contributed by atoms with Crippen LogP contribution in [0.1, 0.15) is 34.3 Å². The summed E-state index contributed by atoms with van der Waals surface area (Å²) in [5.41, 5.74) is 4.01. The van der Waals surface area contributed by atoms with E-state index < -0.39 is 5.91 Å². The predicted molar refractivity (Wildman–Crippen MR) is 134 cm³/mol. The van der Waals surface area contributed by atoms with Gasteiger partial charge in [-0.15, -0.1) is 4.91 Å². The van der Waals surface area contributed by atoms with E-state index in [0.29, 0.717) is 31.2 Å². The number of aromatic nitrogens is 2. The fraction of sp³-hybridized carbons (Fsp3) is 0.308. The van der Waals surface area contributed by atoms with Crippen LogP contribution in [0.15, 0.2) is 78.3 Å². The number of rotatable bonds is 8. The Bertz CT molecular complexity index is 1170. The summed E-state index contributed by atoms with van der Waals surface area (Å²) in [4.78, 5) is 47.8. The Morgan fingerprint density at radius 3 is 2.31 bits per heavy atom. The first kappa shape index (κ1) is 24.9. The maximum absolute atomic E-state index is 13.7. The molecular formula is C26H28N6O4. The summed E-state index contributed by atoms with van der Waals surface area (Å²) in [5.74, 6) is -0.298. The summed E-state index contributed by atoms with van der Waals surface area (Å²) in [6, 6.07) is 18.4. The molecule has 186 valence electrons. The lowest BCUT2D eigenvalue weighted by Crippen LogP contribution is -2.51. The average molecular weight is 489 g/mol. The molecule has 0 unspecified atom stereocenters. The van der Waals surface area contributed by atoms with Gasteiger partial charge in [0.25, 0.3) is 5.91 Å². The van der Waals surface area contributed by atoms with E-state index in [1.54, 1.807) is 49.8 Å². The number of hydrogen-bond donors (Lipinski definition) is 1. The molecule has 1 fully saturated rings. The van der Waals surface area contributed by atoms with Crippen LogP contribution >= 0.6 is 0 Å². The number of benzene rings is 2. The van der Waals surface area contributed by atoms with Crippen LogP contribution in [0.3, 0.4) is 0 Å². The lowest BCUT2D eigenvalue weighted by molar-refractivity contribution is 0.0822. The standard InChI is InChI=1S/C26H28N6O4/c1-36-19-26(22-6-3-2-4-7-22)12-16-31(17-13-26)25(34)32(24-27-14-5-15-28-24)18-20-8-10-21(11-9-20)23(33)29-30-35/h2-11,14-15H,12-13,16-19H2,1H3,(H,29,33,35). The van der Waals surface area contributed by atoms with Crippen LogP contribution in [-0.2, 0) is 16.7 Å². The van der Waals surface area contributed by atoms with Crippen LogP contribution in [-0.4, -0.2) is 53.6 Å². The van der Waals surface area contributed by atoms with Crippen LogP contribution in [0.2, 0.25) is 0 Å². The van der Waals surface area contributed by atoms with Crippen molar-refractivity contribution < 1.29 is 14.3 Å². The number of amides is 3. The lowest BCUT2D eigenvalue weighted by Gasteiger charge is -2.42. The van der Waals surface area contributed by atoms with Crippen LogP contribution < -0.4 is 10.3 Å². The van der Waals surface area contributed by atoms with Gasteiger partial charge in [-0.3, -0.25) is 9.69 Å². The number of carbonyl (C=O) groups is 2. The Kier molecular flexibility index (Phi) is 7.96. The summed E-state index contributed by atoms with van der Waals surface area (Å²) in [7, 11) is 1.71. The third kappa shape index (κ3) is 5.55. The number of nitroso groups, excluding NO2 is 1. The molecule has 0 bridgehead atoms. The van der Waals surface area contributed by atoms with E-state index in [1.165, 1.54) is 10.5 Å². The highest BCUT2D eigenvalue weighted by Crippen LogP contribution is 2.36. The Hall–Kier alpha value is -4.18. The molecule has 1 aliphatic rings. The van der Waals surface area contributed by atoms with E-state index in [9.17, 15) is 14.5 Å². The van der Waals surface area contributed by atoms with Crippen LogP contribution in [0.4, 0.5) is 10.7 Å². The van der Waals surface area contributed by atoms with E-state index in [2.05, 4.69) is 27.4 Å². The molecule has 0 radical (unpaired) electrons. The first-order valence-electron chi connectivity index (χ1n) is 11.7. The zero-order chi connectivity index (χ0) is 25.4. The topological polar surface area (TPSA) is 117 Å². The third-order valence-corrected chi connectivity index (χ3v) is 6.53. The number of piperidine rings is 1. The Balaban J connectivity index is 1.52. The minimum atomic E-state index is -0.595. The maximum Gasteiger partial charge on any atom is 0.327 e. The largest absolute Gasteiger partial charge is 0.384 e. The van der Waals surface area contributed by atoms with Gasteiger partial charge in [0, 0.05) is 43.6 Å². The van der Waals surface area contributed by atoms with Gasteiger partial charge in [0.05, 0.1) is 18.4 Å². The van der Waals surface area contributed by atoms with E-state index in [-0.39, 0.29) is 18.0 Å². The number of likely N-dealkylation sites (tertiary alicyclic amines) is 1. The third-order valence-electron chi connectivity index (χ3n) is 6.53. The number of hydrogen-bond acceptors (Lipinski definition) is 7. The number of anilines is 1. The molecule has 0 atom stereocenters. The first-order chi connectivity index (χ1) is 17.6. The van der Waals surface area contributed by atoms with Crippen molar-refractivity contribution >= 4 is 17.9 Å². The number of ether oxygens (including phenoxy) is 1. The summed E-state index contributed by atoms with van der Waals surface area (Å²) >= 11 is 0. The monoisotopic (exact) mass is 488 g/mol. The van der Waals surface area contributed by atoms with Crippen molar-refractivity contribution in [1.29, 1.82) is 0 Å². The highest BCUT2D eigenvalue weighted by Gasteiger charge is 2.38. The van der Waals surface area contributed by atoms with Crippen molar-refractivity contribution in [1.82, 2.24) is 20.3 Å². The first-order valence-corrected chi connectivity index (χ1v) is 11.7. The smallest absolute Gasteiger partial charge is 0.327 e.